The first-order valence-electron chi connectivity index (χ1n) is 10.3. The highest BCUT2D eigenvalue weighted by Crippen LogP contribution is 2.19. The van der Waals surface area contributed by atoms with Gasteiger partial charge in [0.25, 0.3) is 0 Å². The number of nitrogens with zero attached hydrogens (tertiary/aromatic N) is 4. The molecule has 1 fully saturated rings. The van der Waals surface area contributed by atoms with Gasteiger partial charge in [-0.2, -0.15) is 5.10 Å². The molecule has 1 aliphatic heterocycles. The van der Waals surface area contributed by atoms with E-state index in [-0.39, 0.29) is 6.09 Å². The van der Waals surface area contributed by atoms with Gasteiger partial charge in [0.2, 0.25) is 0 Å². The van der Waals surface area contributed by atoms with Crippen molar-refractivity contribution < 1.29 is 9.53 Å². The predicted octanol–water partition coefficient (Wildman–Crippen LogP) is 2.48. The summed E-state index contributed by atoms with van der Waals surface area (Å²) in [5.74, 6) is 1.19. The van der Waals surface area contributed by atoms with Gasteiger partial charge in [-0.25, -0.2) is 4.79 Å². The standard InChI is InChI=1S/C20H36N6O2/c1-5-21-18(22-10-7-13-26-14-8-11-24-26)23-15-17-9-6-12-25(16-17)19(27)28-20(2,3)4/h8,11,14,17H,5-7,9-10,12-13,15-16H2,1-4H3,(H2,21,22,23). The van der Waals surface area contributed by atoms with E-state index in [4.69, 9.17) is 9.73 Å². The van der Waals surface area contributed by atoms with Gasteiger partial charge in [-0.3, -0.25) is 9.67 Å². The molecule has 1 saturated heterocycles. The summed E-state index contributed by atoms with van der Waals surface area (Å²) in [6.45, 7) is 12.5. The number of ether oxygens (including phenoxy) is 1. The normalized spacial score (nSPS) is 18.1. The van der Waals surface area contributed by atoms with E-state index in [0.717, 1.165) is 51.4 Å². The van der Waals surface area contributed by atoms with Gasteiger partial charge in [0.05, 0.1) is 0 Å². The van der Waals surface area contributed by atoms with Crippen LogP contribution in [0.25, 0.3) is 0 Å². The van der Waals surface area contributed by atoms with Crippen molar-refractivity contribution in [3.63, 3.8) is 0 Å². The highest BCUT2D eigenvalue weighted by atomic mass is 16.6. The van der Waals surface area contributed by atoms with Crippen molar-refractivity contribution in [3.05, 3.63) is 18.5 Å². The molecule has 0 aromatic carbocycles. The van der Waals surface area contributed by atoms with Gasteiger partial charge in [-0.05, 0) is 58.9 Å². The van der Waals surface area contributed by atoms with Crippen LogP contribution in [0.15, 0.2) is 23.5 Å². The Balaban J connectivity index is 1.77. The molecule has 1 atom stereocenters. The Morgan fingerprint density at radius 1 is 1.36 bits per heavy atom. The third-order valence-electron chi connectivity index (χ3n) is 4.44. The molecule has 28 heavy (non-hydrogen) atoms. The Bertz CT molecular complexity index is 609. The van der Waals surface area contributed by atoms with Crippen molar-refractivity contribution in [3.8, 4) is 0 Å². The fraction of sp³-hybridized carbons (Fsp3) is 0.750. The topological polar surface area (TPSA) is 83.8 Å². The second-order valence-corrected chi connectivity index (χ2v) is 8.20. The van der Waals surface area contributed by atoms with Crippen LogP contribution in [0.4, 0.5) is 4.79 Å². The van der Waals surface area contributed by atoms with Crippen molar-refractivity contribution in [2.45, 2.75) is 59.1 Å². The van der Waals surface area contributed by atoms with Crippen LogP contribution in [-0.4, -0.2) is 65.1 Å². The average molecular weight is 393 g/mol. The largest absolute Gasteiger partial charge is 0.444 e. The van der Waals surface area contributed by atoms with Gasteiger partial charge in [-0.15, -0.1) is 0 Å². The first-order chi connectivity index (χ1) is 13.4. The van der Waals surface area contributed by atoms with E-state index in [1.807, 2.05) is 42.6 Å². The molecule has 8 heteroatoms. The Morgan fingerprint density at radius 2 is 2.18 bits per heavy atom. The van der Waals surface area contributed by atoms with E-state index in [1.165, 1.54) is 0 Å². The quantitative estimate of drug-likeness (QED) is 0.423. The minimum atomic E-state index is -0.458. The molecule has 0 spiro atoms. The zero-order valence-electron chi connectivity index (χ0n) is 17.8. The first kappa shape index (κ1) is 22.0. The number of nitrogens with one attached hydrogen (secondary N) is 2. The molecule has 1 amide bonds. The van der Waals surface area contributed by atoms with Crippen molar-refractivity contribution >= 4 is 12.1 Å². The predicted molar refractivity (Wildman–Crippen MR) is 111 cm³/mol. The number of piperidine rings is 1. The minimum Gasteiger partial charge on any atom is -0.444 e. The van der Waals surface area contributed by atoms with E-state index in [1.54, 1.807) is 6.20 Å². The lowest BCUT2D eigenvalue weighted by Gasteiger charge is -2.33. The lowest BCUT2D eigenvalue weighted by Crippen LogP contribution is -2.44. The molecule has 8 nitrogen and oxygen atoms in total. The van der Waals surface area contributed by atoms with E-state index in [9.17, 15) is 4.79 Å². The molecule has 1 aromatic heterocycles. The maximum absolute atomic E-state index is 12.3. The van der Waals surface area contributed by atoms with Crippen LogP contribution in [0, 0.1) is 5.92 Å². The van der Waals surface area contributed by atoms with Crippen molar-refractivity contribution in [2.24, 2.45) is 10.9 Å². The fourth-order valence-electron chi connectivity index (χ4n) is 3.15. The Hall–Kier alpha value is -2.25. The Kier molecular flexibility index (Phi) is 8.60. The lowest BCUT2D eigenvalue weighted by molar-refractivity contribution is 0.0170. The molecule has 0 aliphatic carbocycles. The summed E-state index contributed by atoms with van der Waals surface area (Å²) >= 11 is 0. The molecule has 0 radical (unpaired) electrons. The smallest absolute Gasteiger partial charge is 0.410 e. The number of rotatable bonds is 7. The SMILES string of the molecule is CCNC(=NCC1CCCN(C(=O)OC(C)(C)C)C1)NCCCn1cccn1. The van der Waals surface area contributed by atoms with Crippen molar-refractivity contribution in [1.29, 1.82) is 0 Å². The number of carbonyl (C=O) groups excluding carboxylic acids is 1. The number of aliphatic imine (C=N–C) groups is 1. The summed E-state index contributed by atoms with van der Waals surface area (Å²) in [6.07, 6.45) is 6.60. The highest BCUT2D eigenvalue weighted by Gasteiger charge is 2.27. The van der Waals surface area contributed by atoms with E-state index in [0.29, 0.717) is 19.0 Å². The third-order valence-corrected chi connectivity index (χ3v) is 4.44. The molecular weight excluding hydrogens is 356 g/mol. The third kappa shape index (κ3) is 8.19. The second kappa shape index (κ2) is 10.9. The summed E-state index contributed by atoms with van der Waals surface area (Å²) in [6, 6.07) is 1.93. The number of amides is 1. The molecule has 1 aliphatic rings. The summed E-state index contributed by atoms with van der Waals surface area (Å²) < 4.78 is 7.43. The van der Waals surface area contributed by atoms with Gasteiger partial charge in [-0.1, -0.05) is 0 Å². The van der Waals surface area contributed by atoms with Gasteiger partial charge in [0.1, 0.15) is 5.60 Å². The van der Waals surface area contributed by atoms with Crippen LogP contribution in [0.5, 0.6) is 0 Å². The molecule has 2 heterocycles. The maximum atomic E-state index is 12.3. The first-order valence-corrected chi connectivity index (χ1v) is 10.3. The minimum absolute atomic E-state index is 0.218. The second-order valence-electron chi connectivity index (χ2n) is 8.20. The number of aromatic nitrogens is 2. The summed E-state index contributed by atoms with van der Waals surface area (Å²) in [4.78, 5) is 18.9. The van der Waals surface area contributed by atoms with Crippen LogP contribution in [0.1, 0.15) is 47.0 Å². The maximum Gasteiger partial charge on any atom is 0.410 e. The molecule has 1 aromatic rings. The number of guanidine groups is 1. The number of aryl methyl sites for hydroxylation is 1. The molecule has 2 rings (SSSR count). The van der Waals surface area contributed by atoms with E-state index >= 15 is 0 Å². The van der Waals surface area contributed by atoms with Crippen LogP contribution >= 0.6 is 0 Å². The lowest BCUT2D eigenvalue weighted by atomic mass is 9.98. The van der Waals surface area contributed by atoms with Crippen LogP contribution in [-0.2, 0) is 11.3 Å². The molecule has 0 saturated carbocycles. The Morgan fingerprint density at radius 3 is 2.86 bits per heavy atom. The van der Waals surface area contributed by atoms with Crippen LogP contribution in [0.2, 0.25) is 0 Å². The zero-order valence-corrected chi connectivity index (χ0v) is 17.8. The highest BCUT2D eigenvalue weighted by molar-refractivity contribution is 5.79. The molecule has 0 bridgehead atoms. The summed E-state index contributed by atoms with van der Waals surface area (Å²) in [5.41, 5.74) is -0.458. The number of hydrogen-bond donors (Lipinski definition) is 2. The van der Waals surface area contributed by atoms with Crippen LogP contribution < -0.4 is 10.6 Å². The van der Waals surface area contributed by atoms with E-state index < -0.39 is 5.60 Å². The summed E-state index contributed by atoms with van der Waals surface area (Å²) in [7, 11) is 0. The summed E-state index contributed by atoms with van der Waals surface area (Å²) in [5, 5.41) is 10.9. The van der Waals surface area contributed by atoms with Crippen molar-refractivity contribution in [1.82, 2.24) is 25.3 Å². The van der Waals surface area contributed by atoms with E-state index in [2.05, 4.69) is 22.7 Å². The van der Waals surface area contributed by atoms with Crippen LogP contribution in [0.3, 0.4) is 0 Å². The van der Waals surface area contributed by atoms with Gasteiger partial charge in [0.15, 0.2) is 5.96 Å². The number of carbonyl (C=O) groups is 1. The number of hydrogen-bond acceptors (Lipinski definition) is 4. The van der Waals surface area contributed by atoms with Crippen molar-refractivity contribution in [2.75, 3.05) is 32.7 Å². The zero-order chi connectivity index (χ0) is 20.4. The molecule has 1 unspecified atom stereocenters. The molecule has 158 valence electrons. The van der Waals surface area contributed by atoms with Gasteiger partial charge < -0.3 is 20.3 Å². The number of likely N-dealkylation sites (tertiary alicyclic amines) is 1. The van der Waals surface area contributed by atoms with Gasteiger partial charge in [0, 0.05) is 51.7 Å². The average Bonchev–Trinajstić information content (AvgIpc) is 3.15. The van der Waals surface area contributed by atoms with Gasteiger partial charge >= 0.3 is 6.09 Å². The Labute approximate surface area is 168 Å². The molecule has 2 N–H and O–H groups in total. The fourth-order valence-corrected chi connectivity index (χ4v) is 3.15. The monoisotopic (exact) mass is 392 g/mol. The molecular formula is C20H36N6O2.